The van der Waals surface area contributed by atoms with Gasteiger partial charge in [0.2, 0.25) is 0 Å². The number of hydrogen-bond donors (Lipinski definition) is 3. The van der Waals surface area contributed by atoms with E-state index in [9.17, 15) is 14.7 Å². The number of anilines is 1. The van der Waals surface area contributed by atoms with E-state index in [-0.39, 0.29) is 74.8 Å². The average Bonchev–Trinajstić information content (AvgIpc) is 2.41. The van der Waals surface area contributed by atoms with Crippen LogP contribution in [0.25, 0.3) is 0 Å². The van der Waals surface area contributed by atoms with Crippen LogP contribution in [0.2, 0.25) is 0 Å². The van der Waals surface area contributed by atoms with Crippen molar-refractivity contribution < 1.29 is 27.4 Å². The molecule has 0 aromatic heterocycles. The second-order valence-corrected chi connectivity index (χ2v) is 4.83. The minimum Gasteiger partial charge on any atom is -1.00 e. The minimum absolute atomic E-state index is 0. The van der Waals surface area contributed by atoms with Crippen molar-refractivity contribution in [3.05, 3.63) is 23.8 Å². The number of phenols is 1. The van der Waals surface area contributed by atoms with Crippen LogP contribution in [0.1, 0.15) is 45.3 Å². The molecule has 0 heterocycles. The fraction of sp³-hybridized carbons (Fsp3) is 0.429. The molecule has 112 valence electrons. The zero-order valence-electron chi connectivity index (χ0n) is 13.7. The maximum Gasteiger partial charge on any atom is 2.00 e. The van der Waals surface area contributed by atoms with Gasteiger partial charge in [-0.05, 0) is 43.9 Å². The van der Waals surface area contributed by atoms with Crippen LogP contribution in [0.15, 0.2) is 18.2 Å². The van der Waals surface area contributed by atoms with Crippen LogP contribution in [0.5, 0.6) is 5.75 Å². The van der Waals surface area contributed by atoms with Gasteiger partial charge in [0.15, 0.2) is 0 Å². The molecule has 3 N–H and O–H groups in total. The largest absolute Gasteiger partial charge is 2.00 e. The molecule has 1 saturated carbocycles. The third-order valence-electron chi connectivity index (χ3n) is 3.30. The van der Waals surface area contributed by atoms with Gasteiger partial charge in [0.25, 0.3) is 0 Å². The molecule has 0 bridgehead atoms. The Labute approximate surface area is 165 Å². The molecular formula is C14H19BaNO5. The molecule has 21 heavy (non-hydrogen) atoms. The first-order chi connectivity index (χ1) is 9.56. The molecule has 7 heteroatoms. The van der Waals surface area contributed by atoms with Crippen molar-refractivity contribution >= 4 is 66.6 Å². The Bertz CT molecular complexity index is 524. The molecule has 1 fully saturated rings. The predicted molar refractivity (Wildman–Crippen MR) is 80.0 cm³/mol. The molecular weight excluding hydrogens is 399 g/mol. The maximum atomic E-state index is 11.7. The van der Waals surface area contributed by atoms with Gasteiger partial charge < -0.3 is 17.8 Å². The van der Waals surface area contributed by atoms with Crippen molar-refractivity contribution in [3.8, 4) is 5.75 Å². The van der Waals surface area contributed by atoms with Gasteiger partial charge >= 0.3 is 60.9 Å². The van der Waals surface area contributed by atoms with E-state index in [0.29, 0.717) is 0 Å². The second-order valence-electron chi connectivity index (χ2n) is 4.83. The van der Waals surface area contributed by atoms with Gasteiger partial charge in [-0.2, -0.15) is 0 Å². The van der Waals surface area contributed by atoms with Crippen molar-refractivity contribution in [1.29, 1.82) is 0 Å². The Morgan fingerprint density at radius 1 is 1.24 bits per heavy atom. The van der Waals surface area contributed by atoms with Gasteiger partial charge in [-0.25, -0.2) is 9.59 Å². The Hall–Kier alpha value is -0.669. The first-order valence-corrected chi connectivity index (χ1v) is 6.60. The topological polar surface area (TPSA) is 95.9 Å². The smallest absolute Gasteiger partial charge is 1.00 e. The number of ether oxygens (including phenoxy) is 1. The van der Waals surface area contributed by atoms with Crippen LogP contribution in [0, 0.1) is 0 Å². The number of hydrogen-bond acceptors (Lipinski definition) is 4. The molecule has 1 amide bonds. The van der Waals surface area contributed by atoms with Crippen molar-refractivity contribution in [3.63, 3.8) is 0 Å². The number of rotatable bonds is 3. The monoisotopic (exact) mass is 419 g/mol. The zero-order valence-corrected chi connectivity index (χ0v) is 16.1. The summed E-state index contributed by atoms with van der Waals surface area (Å²) in [4.78, 5) is 22.6. The Kier molecular flexibility index (Phi) is 7.61. The van der Waals surface area contributed by atoms with Gasteiger partial charge in [-0.15, -0.1) is 0 Å². The molecule has 0 spiro atoms. The van der Waals surface area contributed by atoms with Crippen LogP contribution < -0.4 is 5.32 Å². The van der Waals surface area contributed by atoms with Gasteiger partial charge in [-0.1, -0.05) is 6.42 Å². The van der Waals surface area contributed by atoms with E-state index in [1.54, 1.807) is 0 Å². The SMILES string of the molecule is O=C(Nc1ccc(O)c(C(=O)O)c1)OC1CCCCC1.[Ba+2].[H-].[H-]. The van der Waals surface area contributed by atoms with E-state index in [1.807, 2.05) is 0 Å². The summed E-state index contributed by atoms with van der Waals surface area (Å²) in [5.41, 5.74) is 0.0153. The second kappa shape index (κ2) is 8.70. The summed E-state index contributed by atoms with van der Waals surface area (Å²) < 4.78 is 5.27. The maximum absolute atomic E-state index is 11.7. The molecule has 0 unspecified atom stereocenters. The van der Waals surface area contributed by atoms with E-state index in [4.69, 9.17) is 9.84 Å². The molecule has 2 rings (SSSR count). The summed E-state index contributed by atoms with van der Waals surface area (Å²) in [6, 6.07) is 3.84. The summed E-state index contributed by atoms with van der Waals surface area (Å²) in [6.45, 7) is 0. The average molecular weight is 419 g/mol. The number of amides is 1. The summed E-state index contributed by atoms with van der Waals surface area (Å²) in [5.74, 6) is -1.60. The Morgan fingerprint density at radius 2 is 1.90 bits per heavy atom. The number of carboxylic acids is 1. The number of nitrogens with one attached hydrogen (secondary N) is 1. The molecule has 0 atom stereocenters. The van der Waals surface area contributed by atoms with Crippen molar-refractivity contribution in [2.24, 2.45) is 0 Å². The van der Waals surface area contributed by atoms with Gasteiger partial charge in [0.1, 0.15) is 17.4 Å². The molecule has 6 nitrogen and oxygen atoms in total. The molecule has 1 aliphatic rings. The third kappa shape index (κ3) is 5.55. The minimum atomic E-state index is -1.26. The van der Waals surface area contributed by atoms with Crippen LogP contribution in [-0.4, -0.2) is 77.3 Å². The first kappa shape index (κ1) is 18.4. The van der Waals surface area contributed by atoms with Crippen LogP contribution in [0.3, 0.4) is 0 Å². The normalized spacial score (nSPS) is 14.9. The van der Waals surface area contributed by atoms with Crippen molar-refractivity contribution in [2.45, 2.75) is 38.2 Å². The molecule has 0 saturated heterocycles. The van der Waals surface area contributed by atoms with E-state index in [2.05, 4.69) is 5.32 Å². The third-order valence-corrected chi connectivity index (χ3v) is 3.30. The number of benzene rings is 1. The number of carbonyl (C=O) groups is 2. The van der Waals surface area contributed by atoms with Crippen LogP contribution in [0.4, 0.5) is 10.5 Å². The number of aromatic carboxylic acids is 1. The van der Waals surface area contributed by atoms with Crippen molar-refractivity contribution in [2.75, 3.05) is 5.32 Å². The number of carbonyl (C=O) groups excluding carboxylic acids is 1. The van der Waals surface area contributed by atoms with Gasteiger partial charge in [-0.3, -0.25) is 5.32 Å². The summed E-state index contributed by atoms with van der Waals surface area (Å²) >= 11 is 0. The van der Waals surface area contributed by atoms with Crippen molar-refractivity contribution in [1.82, 2.24) is 0 Å². The van der Waals surface area contributed by atoms with Crippen LogP contribution >= 0.6 is 0 Å². The van der Waals surface area contributed by atoms with Gasteiger partial charge in [0.05, 0.1) is 0 Å². The number of carboxylic acid groups (broad SMARTS) is 1. The zero-order chi connectivity index (χ0) is 14.5. The fourth-order valence-corrected chi connectivity index (χ4v) is 2.27. The molecule has 0 aliphatic heterocycles. The molecule has 1 aliphatic carbocycles. The van der Waals surface area contributed by atoms with E-state index >= 15 is 0 Å². The summed E-state index contributed by atoms with van der Waals surface area (Å²) in [5, 5.41) is 20.7. The molecule has 0 radical (unpaired) electrons. The Balaban J connectivity index is 0. The number of aromatic hydroxyl groups is 1. The fourth-order valence-electron chi connectivity index (χ4n) is 2.27. The predicted octanol–water partition coefficient (Wildman–Crippen LogP) is 2.82. The van der Waals surface area contributed by atoms with Crippen LogP contribution in [-0.2, 0) is 4.74 Å². The quantitative estimate of drug-likeness (QED) is 0.518. The van der Waals surface area contributed by atoms with E-state index in [1.165, 1.54) is 24.6 Å². The summed E-state index contributed by atoms with van der Waals surface area (Å²) in [6.07, 6.45) is 4.34. The molecule has 1 aromatic carbocycles. The standard InChI is InChI=1S/C14H17NO5.Ba.2H/c16-12-7-6-9(8-11(12)13(17)18)15-14(19)20-10-4-2-1-3-5-10;;;/h6-8,10,16H,1-5H2,(H,15,19)(H,17,18);;;/q;+2;2*-1. The Morgan fingerprint density at radius 3 is 2.52 bits per heavy atom. The summed E-state index contributed by atoms with van der Waals surface area (Å²) in [7, 11) is 0. The van der Waals surface area contributed by atoms with Gasteiger partial charge in [0, 0.05) is 5.69 Å². The first-order valence-electron chi connectivity index (χ1n) is 6.60. The van der Waals surface area contributed by atoms with E-state index < -0.39 is 12.1 Å². The molecule has 1 aromatic rings. The van der Waals surface area contributed by atoms with E-state index in [0.717, 1.165) is 25.7 Å².